The lowest BCUT2D eigenvalue weighted by Gasteiger charge is -2.10. The van der Waals surface area contributed by atoms with Crippen LogP contribution >= 0.6 is 11.3 Å². The molecule has 1 atom stereocenters. The van der Waals surface area contributed by atoms with Crippen molar-refractivity contribution in [2.24, 2.45) is 0 Å². The van der Waals surface area contributed by atoms with Gasteiger partial charge in [0, 0.05) is 23.9 Å². The van der Waals surface area contributed by atoms with E-state index in [1.54, 1.807) is 11.3 Å². The second-order valence-corrected chi connectivity index (χ2v) is 4.26. The summed E-state index contributed by atoms with van der Waals surface area (Å²) in [4.78, 5) is 5.31. The van der Waals surface area contributed by atoms with Crippen LogP contribution in [0, 0.1) is 0 Å². The van der Waals surface area contributed by atoms with Crippen molar-refractivity contribution in [2.45, 2.75) is 19.4 Å². The molecule has 5 heteroatoms. The molecular formula is C10H13N3OS. The molecule has 4 nitrogen and oxygen atoms in total. The minimum absolute atomic E-state index is 0.382. The summed E-state index contributed by atoms with van der Waals surface area (Å²) in [5.74, 6) is 0.681. The number of nitrogens with zero attached hydrogens (tertiary/aromatic N) is 2. The van der Waals surface area contributed by atoms with E-state index in [1.807, 2.05) is 0 Å². The Bertz CT molecular complexity index is 371. The predicted octanol–water partition coefficient (Wildman–Crippen LogP) is 2.02. The molecule has 0 aromatic carbocycles. The molecule has 80 valence electrons. The zero-order valence-electron chi connectivity index (χ0n) is 8.51. The van der Waals surface area contributed by atoms with Crippen molar-refractivity contribution in [3.63, 3.8) is 0 Å². The summed E-state index contributed by atoms with van der Waals surface area (Å²) in [7, 11) is 0. The molecule has 0 saturated carbocycles. The number of rotatable bonds is 5. The third-order valence-corrected chi connectivity index (χ3v) is 3.22. The van der Waals surface area contributed by atoms with Gasteiger partial charge in [0.2, 0.25) is 5.89 Å². The molecule has 0 spiro atoms. The Kier molecular flexibility index (Phi) is 3.47. The van der Waals surface area contributed by atoms with E-state index < -0.39 is 0 Å². The topological polar surface area (TPSA) is 51.0 Å². The fourth-order valence-corrected chi connectivity index (χ4v) is 2.10. The van der Waals surface area contributed by atoms with Crippen molar-refractivity contribution in [3.05, 3.63) is 34.6 Å². The van der Waals surface area contributed by atoms with Gasteiger partial charge < -0.3 is 9.84 Å². The smallest absolute Gasteiger partial charge is 0.227 e. The molecule has 2 aromatic heterocycles. The molecule has 0 saturated heterocycles. The highest BCUT2D eigenvalue weighted by atomic mass is 32.1. The summed E-state index contributed by atoms with van der Waals surface area (Å²) < 4.78 is 4.91. The van der Waals surface area contributed by atoms with E-state index in [0.717, 1.165) is 13.0 Å². The SMILES string of the molecule is CC(NCCc1ncno1)c1cccs1. The molecule has 1 unspecified atom stereocenters. The molecule has 1 N–H and O–H groups in total. The van der Waals surface area contributed by atoms with E-state index in [1.165, 1.54) is 11.2 Å². The summed E-state index contributed by atoms with van der Waals surface area (Å²) in [5.41, 5.74) is 0. The first-order valence-electron chi connectivity index (χ1n) is 4.88. The molecule has 2 aromatic rings. The van der Waals surface area contributed by atoms with Gasteiger partial charge in [0.25, 0.3) is 0 Å². The number of aromatic nitrogens is 2. The van der Waals surface area contributed by atoms with Crippen molar-refractivity contribution < 1.29 is 4.52 Å². The van der Waals surface area contributed by atoms with Crippen molar-refractivity contribution in [2.75, 3.05) is 6.54 Å². The van der Waals surface area contributed by atoms with E-state index >= 15 is 0 Å². The first-order valence-corrected chi connectivity index (χ1v) is 5.76. The van der Waals surface area contributed by atoms with Crippen LogP contribution in [0.3, 0.4) is 0 Å². The van der Waals surface area contributed by atoms with Gasteiger partial charge in [-0.05, 0) is 18.4 Å². The lowest BCUT2D eigenvalue weighted by atomic mass is 10.2. The van der Waals surface area contributed by atoms with Crippen LogP contribution < -0.4 is 5.32 Å². The fraction of sp³-hybridized carbons (Fsp3) is 0.400. The summed E-state index contributed by atoms with van der Waals surface area (Å²) >= 11 is 1.77. The summed E-state index contributed by atoms with van der Waals surface area (Å²) in [6.45, 7) is 3.00. The maximum Gasteiger partial charge on any atom is 0.227 e. The maximum absolute atomic E-state index is 4.91. The molecular weight excluding hydrogens is 210 g/mol. The van der Waals surface area contributed by atoms with Crippen molar-refractivity contribution in [3.8, 4) is 0 Å². The van der Waals surface area contributed by atoms with E-state index in [4.69, 9.17) is 4.52 Å². The van der Waals surface area contributed by atoms with E-state index in [0.29, 0.717) is 11.9 Å². The van der Waals surface area contributed by atoms with Gasteiger partial charge in [-0.15, -0.1) is 11.3 Å². The lowest BCUT2D eigenvalue weighted by molar-refractivity contribution is 0.373. The van der Waals surface area contributed by atoms with Crippen LogP contribution in [0.2, 0.25) is 0 Å². The Morgan fingerprint density at radius 3 is 3.20 bits per heavy atom. The first-order chi connectivity index (χ1) is 7.36. The maximum atomic E-state index is 4.91. The minimum atomic E-state index is 0.382. The Morgan fingerprint density at radius 1 is 1.60 bits per heavy atom. The summed E-state index contributed by atoms with van der Waals surface area (Å²) in [5, 5.41) is 9.05. The average Bonchev–Trinajstić information content (AvgIpc) is 2.90. The van der Waals surface area contributed by atoms with Gasteiger partial charge in [0.1, 0.15) is 0 Å². The molecule has 2 heterocycles. The van der Waals surface area contributed by atoms with Gasteiger partial charge in [0.15, 0.2) is 6.33 Å². The second kappa shape index (κ2) is 5.04. The number of thiophene rings is 1. The summed E-state index contributed by atoms with van der Waals surface area (Å²) in [6, 6.07) is 4.58. The Morgan fingerprint density at radius 2 is 2.53 bits per heavy atom. The van der Waals surface area contributed by atoms with Crippen LogP contribution in [0.15, 0.2) is 28.4 Å². The molecule has 0 radical (unpaired) electrons. The van der Waals surface area contributed by atoms with E-state index in [2.05, 4.69) is 39.9 Å². The molecule has 0 amide bonds. The normalized spacial score (nSPS) is 12.9. The molecule has 0 fully saturated rings. The fourth-order valence-electron chi connectivity index (χ4n) is 1.34. The molecule has 0 aliphatic carbocycles. The number of hydrogen-bond acceptors (Lipinski definition) is 5. The largest absolute Gasteiger partial charge is 0.340 e. The molecule has 15 heavy (non-hydrogen) atoms. The van der Waals surface area contributed by atoms with Crippen LogP contribution in [0.1, 0.15) is 23.7 Å². The Labute approximate surface area is 92.3 Å². The van der Waals surface area contributed by atoms with E-state index in [-0.39, 0.29) is 0 Å². The van der Waals surface area contributed by atoms with Gasteiger partial charge >= 0.3 is 0 Å². The van der Waals surface area contributed by atoms with Gasteiger partial charge in [0.05, 0.1) is 0 Å². The van der Waals surface area contributed by atoms with Crippen LogP contribution in [0.4, 0.5) is 0 Å². The minimum Gasteiger partial charge on any atom is -0.340 e. The van der Waals surface area contributed by atoms with Crippen molar-refractivity contribution in [1.82, 2.24) is 15.5 Å². The third kappa shape index (κ3) is 2.87. The van der Waals surface area contributed by atoms with Crippen LogP contribution in [-0.4, -0.2) is 16.7 Å². The quantitative estimate of drug-likeness (QED) is 0.842. The molecule has 0 aliphatic rings. The van der Waals surface area contributed by atoms with Crippen LogP contribution in [0.25, 0.3) is 0 Å². The molecule has 0 bridgehead atoms. The Balaban J connectivity index is 1.74. The summed E-state index contributed by atoms with van der Waals surface area (Å²) in [6.07, 6.45) is 2.20. The lowest BCUT2D eigenvalue weighted by Crippen LogP contribution is -2.20. The van der Waals surface area contributed by atoms with Gasteiger partial charge in [-0.25, -0.2) is 0 Å². The zero-order chi connectivity index (χ0) is 10.5. The molecule has 0 aliphatic heterocycles. The highest BCUT2D eigenvalue weighted by Crippen LogP contribution is 2.17. The third-order valence-electron chi connectivity index (χ3n) is 2.17. The van der Waals surface area contributed by atoms with Crippen LogP contribution in [0.5, 0.6) is 0 Å². The number of nitrogens with one attached hydrogen (secondary N) is 1. The molecule has 2 rings (SSSR count). The average molecular weight is 223 g/mol. The van der Waals surface area contributed by atoms with Gasteiger partial charge in [-0.1, -0.05) is 11.2 Å². The number of hydrogen-bond donors (Lipinski definition) is 1. The monoisotopic (exact) mass is 223 g/mol. The highest BCUT2D eigenvalue weighted by Gasteiger charge is 2.05. The predicted molar refractivity (Wildman–Crippen MR) is 58.7 cm³/mol. The first kappa shape index (κ1) is 10.3. The Hall–Kier alpha value is -1.20. The van der Waals surface area contributed by atoms with E-state index in [9.17, 15) is 0 Å². The van der Waals surface area contributed by atoms with Crippen molar-refractivity contribution >= 4 is 11.3 Å². The van der Waals surface area contributed by atoms with Gasteiger partial charge in [-0.3, -0.25) is 0 Å². The van der Waals surface area contributed by atoms with Crippen LogP contribution in [-0.2, 0) is 6.42 Å². The van der Waals surface area contributed by atoms with Gasteiger partial charge in [-0.2, -0.15) is 4.98 Å². The highest BCUT2D eigenvalue weighted by molar-refractivity contribution is 7.10. The second-order valence-electron chi connectivity index (χ2n) is 3.28. The standard InChI is InChI=1S/C10H13N3OS/c1-8(9-3-2-6-15-9)11-5-4-10-12-7-13-14-10/h2-3,6-8,11H,4-5H2,1H3. The van der Waals surface area contributed by atoms with Crippen molar-refractivity contribution in [1.29, 1.82) is 0 Å². The zero-order valence-corrected chi connectivity index (χ0v) is 9.33.